The van der Waals surface area contributed by atoms with Crippen LogP contribution in [-0.4, -0.2) is 47.5 Å². The summed E-state index contributed by atoms with van der Waals surface area (Å²) in [6.07, 6.45) is 4.48. The fourth-order valence-electron chi connectivity index (χ4n) is 4.15. The number of benzene rings is 1. The number of rotatable bonds is 4. The summed E-state index contributed by atoms with van der Waals surface area (Å²) in [7, 11) is 0. The largest absolute Gasteiger partial charge is 0.370 e. The normalized spacial score (nSPS) is 22.1. The van der Waals surface area contributed by atoms with E-state index in [1.165, 1.54) is 18.3 Å². The Hall–Kier alpha value is -2.87. The number of anilines is 1. The molecular formula is C22H23F2N3O3. The molecule has 0 spiro atoms. The highest BCUT2D eigenvalue weighted by atomic mass is 19.1. The molecule has 0 unspecified atom stereocenters. The minimum atomic E-state index is -0.656. The van der Waals surface area contributed by atoms with E-state index < -0.39 is 11.6 Å². The quantitative estimate of drug-likeness (QED) is 0.831. The van der Waals surface area contributed by atoms with Crippen LogP contribution in [0.15, 0.2) is 36.5 Å². The van der Waals surface area contributed by atoms with Gasteiger partial charge in [0.05, 0.1) is 6.61 Å². The number of nitrogens with one attached hydrogen (secondary N) is 1. The van der Waals surface area contributed by atoms with Crippen LogP contribution in [0.25, 0.3) is 11.1 Å². The van der Waals surface area contributed by atoms with E-state index in [2.05, 4.69) is 10.3 Å². The first kappa shape index (κ1) is 20.4. The lowest BCUT2D eigenvalue weighted by atomic mass is 9.84. The topological polar surface area (TPSA) is 71.5 Å². The first-order valence-corrected chi connectivity index (χ1v) is 10.1. The minimum absolute atomic E-state index is 0.0246. The Kier molecular flexibility index (Phi) is 6.03. The van der Waals surface area contributed by atoms with Crippen LogP contribution < -0.4 is 5.32 Å². The zero-order valence-electron chi connectivity index (χ0n) is 16.4. The fraction of sp³-hybridized carbons (Fsp3) is 0.409. The number of nitrogens with zero attached hydrogens (tertiary/aromatic N) is 2. The van der Waals surface area contributed by atoms with Gasteiger partial charge in [0.25, 0.3) is 0 Å². The van der Waals surface area contributed by atoms with Gasteiger partial charge in [0, 0.05) is 36.3 Å². The van der Waals surface area contributed by atoms with E-state index in [0.29, 0.717) is 42.9 Å². The maximum atomic E-state index is 13.4. The molecule has 2 amide bonds. The number of aromatic nitrogens is 1. The predicted octanol–water partition coefficient (Wildman–Crippen LogP) is 3.38. The van der Waals surface area contributed by atoms with Crippen molar-refractivity contribution in [1.29, 1.82) is 0 Å². The number of ether oxygens (including phenoxy) is 1. The van der Waals surface area contributed by atoms with Crippen LogP contribution in [0, 0.1) is 17.6 Å². The molecule has 2 aliphatic rings. The Balaban J connectivity index is 1.32. The van der Waals surface area contributed by atoms with E-state index in [9.17, 15) is 18.4 Å². The van der Waals surface area contributed by atoms with Crippen LogP contribution in [0.2, 0.25) is 0 Å². The van der Waals surface area contributed by atoms with Crippen molar-refractivity contribution in [3.05, 3.63) is 48.2 Å². The van der Waals surface area contributed by atoms with Crippen molar-refractivity contribution in [1.82, 2.24) is 9.88 Å². The van der Waals surface area contributed by atoms with Crippen LogP contribution in [0.3, 0.4) is 0 Å². The second-order valence-corrected chi connectivity index (χ2v) is 7.72. The molecule has 4 rings (SSSR count). The molecule has 30 heavy (non-hydrogen) atoms. The van der Waals surface area contributed by atoms with Crippen molar-refractivity contribution in [2.75, 3.05) is 25.1 Å². The Labute approximate surface area is 173 Å². The van der Waals surface area contributed by atoms with E-state index >= 15 is 0 Å². The second kappa shape index (κ2) is 8.87. The molecule has 1 aliphatic heterocycles. The van der Waals surface area contributed by atoms with Gasteiger partial charge in [0.1, 0.15) is 24.1 Å². The third-order valence-corrected chi connectivity index (χ3v) is 5.74. The molecule has 1 saturated carbocycles. The van der Waals surface area contributed by atoms with Crippen LogP contribution in [0.5, 0.6) is 0 Å². The van der Waals surface area contributed by atoms with Crippen molar-refractivity contribution in [3.63, 3.8) is 0 Å². The van der Waals surface area contributed by atoms with Gasteiger partial charge < -0.3 is 15.0 Å². The van der Waals surface area contributed by atoms with Gasteiger partial charge in [-0.1, -0.05) is 0 Å². The minimum Gasteiger partial charge on any atom is -0.370 e. The van der Waals surface area contributed by atoms with Gasteiger partial charge in [-0.3, -0.25) is 9.59 Å². The van der Waals surface area contributed by atoms with Gasteiger partial charge >= 0.3 is 0 Å². The van der Waals surface area contributed by atoms with E-state index in [-0.39, 0.29) is 30.4 Å². The maximum absolute atomic E-state index is 13.4. The number of morpholine rings is 1. The summed E-state index contributed by atoms with van der Waals surface area (Å²) in [6.45, 7) is 1.33. The summed E-state index contributed by atoms with van der Waals surface area (Å²) in [5, 5.41) is 2.82. The lowest BCUT2D eigenvalue weighted by molar-refractivity contribution is -0.146. The molecule has 0 radical (unpaired) electrons. The number of hydrogen-bond donors (Lipinski definition) is 1. The molecular weight excluding hydrogens is 392 g/mol. The van der Waals surface area contributed by atoms with Crippen molar-refractivity contribution in [3.8, 4) is 11.1 Å². The van der Waals surface area contributed by atoms with Gasteiger partial charge in [-0.15, -0.1) is 0 Å². The van der Waals surface area contributed by atoms with Gasteiger partial charge in [0.15, 0.2) is 0 Å². The molecule has 2 fully saturated rings. The maximum Gasteiger partial charge on any atom is 0.248 e. The summed E-state index contributed by atoms with van der Waals surface area (Å²) in [4.78, 5) is 30.7. The molecule has 2 aromatic rings. The fourth-order valence-corrected chi connectivity index (χ4v) is 4.15. The highest BCUT2D eigenvalue weighted by Crippen LogP contribution is 2.29. The Morgan fingerprint density at radius 2 is 1.80 bits per heavy atom. The van der Waals surface area contributed by atoms with Crippen molar-refractivity contribution < 1.29 is 23.1 Å². The lowest BCUT2D eigenvalue weighted by Crippen LogP contribution is -2.49. The summed E-state index contributed by atoms with van der Waals surface area (Å²) < 4.78 is 32.0. The predicted molar refractivity (Wildman–Crippen MR) is 106 cm³/mol. The molecule has 1 aromatic carbocycles. The molecule has 1 aromatic heterocycles. The number of amides is 2. The van der Waals surface area contributed by atoms with E-state index in [1.807, 2.05) is 4.90 Å². The molecule has 1 aliphatic carbocycles. The number of carbonyl (C=O) groups excluding carboxylic acids is 2. The molecule has 2 heterocycles. The van der Waals surface area contributed by atoms with E-state index in [1.54, 1.807) is 12.1 Å². The average Bonchev–Trinajstić information content (AvgIpc) is 2.74. The summed E-state index contributed by atoms with van der Waals surface area (Å²) in [6, 6.07) is 6.74. The average molecular weight is 415 g/mol. The third kappa shape index (κ3) is 4.64. The van der Waals surface area contributed by atoms with Crippen molar-refractivity contribution >= 4 is 17.6 Å². The summed E-state index contributed by atoms with van der Waals surface area (Å²) in [5.41, 5.74) is 0.941. The second-order valence-electron chi connectivity index (χ2n) is 7.72. The van der Waals surface area contributed by atoms with Crippen LogP contribution in [0.4, 0.5) is 14.6 Å². The van der Waals surface area contributed by atoms with Crippen LogP contribution in [-0.2, 0) is 14.3 Å². The first-order chi connectivity index (χ1) is 14.5. The van der Waals surface area contributed by atoms with Crippen molar-refractivity contribution in [2.24, 2.45) is 5.92 Å². The molecule has 0 bridgehead atoms. The standard InChI is InChI=1S/C22H23F2N3O3/c23-17-9-16(10-18(24)11-17)15-3-6-20(25-12-15)26-22(29)14-1-4-19(5-2-14)27-7-8-30-13-21(27)28/h3,6,9-12,14,19H,1-2,4-5,7-8,13H2,(H,25,26,29)/t14-,19-. The lowest BCUT2D eigenvalue weighted by Gasteiger charge is -2.38. The highest BCUT2D eigenvalue weighted by Gasteiger charge is 2.32. The van der Waals surface area contributed by atoms with Gasteiger partial charge in [-0.2, -0.15) is 0 Å². The SMILES string of the molecule is O=C1COCCN1[C@H]1CC[C@H](C(=O)Nc2ccc(-c3cc(F)cc(F)c3)cn2)CC1. The molecule has 1 saturated heterocycles. The number of carbonyl (C=O) groups is 2. The van der Waals surface area contributed by atoms with Crippen molar-refractivity contribution in [2.45, 2.75) is 31.7 Å². The van der Waals surface area contributed by atoms with E-state index in [0.717, 1.165) is 18.9 Å². The number of halogens is 2. The van der Waals surface area contributed by atoms with Gasteiger partial charge in [0.2, 0.25) is 11.8 Å². The van der Waals surface area contributed by atoms with Gasteiger partial charge in [-0.05, 0) is 55.5 Å². The molecule has 6 nitrogen and oxygen atoms in total. The Morgan fingerprint density at radius 3 is 2.43 bits per heavy atom. The highest BCUT2D eigenvalue weighted by molar-refractivity contribution is 5.91. The number of pyridine rings is 1. The zero-order chi connectivity index (χ0) is 21.1. The third-order valence-electron chi connectivity index (χ3n) is 5.74. The molecule has 8 heteroatoms. The molecule has 158 valence electrons. The molecule has 0 atom stereocenters. The Bertz CT molecular complexity index is 907. The zero-order valence-corrected chi connectivity index (χ0v) is 16.4. The monoisotopic (exact) mass is 415 g/mol. The van der Waals surface area contributed by atoms with Crippen LogP contribution in [0.1, 0.15) is 25.7 Å². The van der Waals surface area contributed by atoms with Crippen LogP contribution >= 0.6 is 0 Å². The van der Waals surface area contributed by atoms with E-state index in [4.69, 9.17) is 4.74 Å². The smallest absolute Gasteiger partial charge is 0.248 e. The summed E-state index contributed by atoms with van der Waals surface area (Å²) in [5.74, 6) is -1.12. The molecule has 1 N–H and O–H groups in total. The summed E-state index contributed by atoms with van der Waals surface area (Å²) >= 11 is 0. The number of hydrogen-bond acceptors (Lipinski definition) is 4. The van der Waals surface area contributed by atoms with Gasteiger partial charge in [-0.25, -0.2) is 13.8 Å². The Morgan fingerprint density at radius 1 is 1.07 bits per heavy atom. The first-order valence-electron chi connectivity index (χ1n) is 10.1.